The number of alkyl halides is 3. The van der Waals surface area contributed by atoms with E-state index in [0.29, 0.717) is 11.8 Å². The van der Waals surface area contributed by atoms with E-state index in [9.17, 15) is 18.0 Å². The molecule has 1 aromatic carbocycles. The summed E-state index contributed by atoms with van der Waals surface area (Å²) in [5, 5.41) is 2.13. The molecular formula is C19H18ClF3N2O. The zero-order chi connectivity index (χ0) is 19.5. The highest BCUT2D eigenvalue weighted by Gasteiger charge is 2.31. The van der Waals surface area contributed by atoms with Gasteiger partial charge in [0.25, 0.3) is 5.91 Å². The summed E-state index contributed by atoms with van der Waals surface area (Å²) in [6, 6.07) is 7.52. The van der Waals surface area contributed by atoms with Gasteiger partial charge in [0.2, 0.25) is 0 Å². The van der Waals surface area contributed by atoms with Crippen molar-refractivity contribution < 1.29 is 18.0 Å². The maximum atomic E-state index is 12.6. The van der Waals surface area contributed by atoms with Crippen LogP contribution in [0, 0.1) is 5.41 Å². The smallest absolute Gasteiger partial charge is 0.305 e. The summed E-state index contributed by atoms with van der Waals surface area (Å²) >= 11 is 5.79. The van der Waals surface area contributed by atoms with Crippen molar-refractivity contribution in [1.82, 2.24) is 4.98 Å². The molecule has 0 aliphatic carbocycles. The topological polar surface area (TPSA) is 42.0 Å². The Balaban J connectivity index is 2.12. The maximum absolute atomic E-state index is 12.6. The fourth-order valence-corrected chi connectivity index (χ4v) is 2.17. The molecule has 0 spiro atoms. The van der Waals surface area contributed by atoms with Crippen molar-refractivity contribution >= 4 is 29.4 Å². The van der Waals surface area contributed by atoms with Crippen LogP contribution in [0.4, 0.5) is 19.0 Å². The van der Waals surface area contributed by atoms with E-state index in [1.807, 2.05) is 12.2 Å². The third kappa shape index (κ3) is 5.59. The molecule has 0 radical (unpaired) electrons. The summed E-state index contributed by atoms with van der Waals surface area (Å²) in [5.74, 6) is -0.633. The van der Waals surface area contributed by atoms with Crippen LogP contribution in [0.25, 0.3) is 6.08 Å². The molecule has 7 heteroatoms. The zero-order valence-electron chi connectivity index (χ0n) is 14.5. The van der Waals surface area contributed by atoms with Gasteiger partial charge < -0.3 is 5.32 Å². The number of hydrogen-bond donors (Lipinski definition) is 1. The molecule has 0 saturated carbocycles. The molecule has 0 atom stereocenters. The van der Waals surface area contributed by atoms with Gasteiger partial charge in [0.15, 0.2) is 5.82 Å². The average Bonchev–Trinajstić information content (AvgIpc) is 2.53. The second kappa shape index (κ2) is 7.50. The standard InChI is InChI=1S/C19H18ClF3N2O/c1-18(2,3)9-8-12-4-6-13(7-5-12)17(26)25-16-15(20)10-14(11-24-16)19(21,22)23/h4-11H,1-3H3,(H,24,25,26). The number of carbonyl (C=O) groups excluding carboxylic acids is 1. The molecule has 0 bridgehead atoms. The number of benzene rings is 1. The first kappa shape index (κ1) is 20.0. The molecule has 1 aromatic heterocycles. The number of allylic oxidation sites excluding steroid dienone is 1. The fraction of sp³-hybridized carbons (Fsp3) is 0.263. The molecule has 26 heavy (non-hydrogen) atoms. The van der Waals surface area contributed by atoms with Crippen LogP contribution in [0.3, 0.4) is 0 Å². The lowest BCUT2D eigenvalue weighted by atomic mass is 9.95. The lowest BCUT2D eigenvalue weighted by molar-refractivity contribution is -0.137. The molecule has 0 unspecified atom stereocenters. The number of amides is 1. The number of anilines is 1. The largest absolute Gasteiger partial charge is 0.417 e. The third-order valence-electron chi connectivity index (χ3n) is 3.35. The minimum atomic E-state index is -4.55. The first-order chi connectivity index (χ1) is 12.0. The van der Waals surface area contributed by atoms with E-state index < -0.39 is 17.6 Å². The number of pyridine rings is 1. The molecule has 0 aliphatic heterocycles. The number of aromatic nitrogens is 1. The molecule has 1 amide bonds. The predicted molar refractivity (Wildman–Crippen MR) is 97.1 cm³/mol. The third-order valence-corrected chi connectivity index (χ3v) is 3.64. The van der Waals surface area contributed by atoms with Crippen LogP contribution >= 0.6 is 11.6 Å². The van der Waals surface area contributed by atoms with E-state index in [2.05, 4.69) is 31.1 Å². The van der Waals surface area contributed by atoms with Crippen LogP contribution in [0.2, 0.25) is 5.02 Å². The number of nitrogens with one attached hydrogen (secondary N) is 1. The van der Waals surface area contributed by atoms with Gasteiger partial charge in [-0.05, 0) is 29.2 Å². The Kier molecular flexibility index (Phi) is 5.76. The summed E-state index contributed by atoms with van der Waals surface area (Å²) in [6.45, 7) is 6.23. The quantitative estimate of drug-likeness (QED) is 0.700. The van der Waals surface area contributed by atoms with Crippen LogP contribution in [0.15, 0.2) is 42.6 Å². The van der Waals surface area contributed by atoms with Crippen molar-refractivity contribution in [3.63, 3.8) is 0 Å². The lowest BCUT2D eigenvalue weighted by Crippen LogP contribution is -2.14. The van der Waals surface area contributed by atoms with Crippen molar-refractivity contribution in [2.75, 3.05) is 5.32 Å². The minimum Gasteiger partial charge on any atom is -0.305 e. The van der Waals surface area contributed by atoms with Gasteiger partial charge >= 0.3 is 6.18 Å². The molecule has 0 saturated heterocycles. The Morgan fingerprint density at radius 3 is 2.27 bits per heavy atom. The molecule has 2 rings (SSSR count). The number of halogens is 4. The van der Waals surface area contributed by atoms with Crippen molar-refractivity contribution in [3.8, 4) is 0 Å². The molecule has 2 aromatic rings. The summed E-state index contributed by atoms with van der Waals surface area (Å²) < 4.78 is 37.8. The Morgan fingerprint density at radius 2 is 1.77 bits per heavy atom. The summed E-state index contributed by atoms with van der Waals surface area (Å²) in [6.07, 6.45) is 0.0847. The van der Waals surface area contributed by atoms with Gasteiger partial charge in [-0.2, -0.15) is 13.2 Å². The number of hydrogen-bond acceptors (Lipinski definition) is 2. The van der Waals surface area contributed by atoms with Crippen LogP contribution in [-0.2, 0) is 6.18 Å². The van der Waals surface area contributed by atoms with Crippen molar-refractivity contribution in [1.29, 1.82) is 0 Å². The van der Waals surface area contributed by atoms with Crippen molar-refractivity contribution in [3.05, 3.63) is 64.3 Å². The van der Waals surface area contributed by atoms with Gasteiger partial charge in [-0.1, -0.05) is 56.7 Å². The maximum Gasteiger partial charge on any atom is 0.417 e. The van der Waals surface area contributed by atoms with Crippen LogP contribution < -0.4 is 5.32 Å². The molecular weight excluding hydrogens is 365 g/mol. The lowest BCUT2D eigenvalue weighted by Gasteiger charge is -2.11. The average molecular weight is 383 g/mol. The van der Waals surface area contributed by atoms with E-state index >= 15 is 0 Å². The Hall–Kier alpha value is -2.34. The molecule has 0 fully saturated rings. The molecule has 138 valence electrons. The molecule has 1 heterocycles. The van der Waals surface area contributed by atoms with E-state index in [0.717, 1.165) is 11.6 Å². The van der Waals surface area contributed by atoms with Gasteiger partial charge in [-0.25, -0.2) is 4.98 Å². The molecule has 1 N–H and O–H groups in total. The Morgan fingerprint density at radius 1 is 1.15 bits per heavy atom. The molecule has 3 nitrogen and oxygen atoms in total. The van der Waals surface area contributed by atoms with Gasteiger partial charge in [0.1, 0.15) is 0 Å². The first-order valence-electron chi connectivity index (χ1n) is 7.79. The number of nitrogens with zero attached hydrogens (tertiary/aromatic N) is 1. The number of rotatable bonds is 3. The number of carbonyl (C=O) groups is 1. The predicted octanol–water partition coefficient (Wildman–Crippen LogP) is 6.07. The highest BCUT2D eigenvalue weighted by Crippen LogP contribution is 2.32. The first-order valence-corrected chi connectivity index (χ1v) is 8.17. The second-order valence-corrected chi connectivity index (χ2v) is 7.23. The van der Waals surface area contributed by atoms with E-state index in [4.69, 9.17) is 11.6 Å². The van der Waals surface area contributed by atoms with Gasteiger partial charge in [0, 0.05) is 11.8 Å². The van der Waals surface area contributed by atoms with Gasteiger partial charge in [0.05, 0.1) is 10.6 Å². The van der Waals surface area contributed by atoms with Crippen molar-refractivity contribution in [2.45, 2.75) is 26.9 Å². The summed E-state index contributed by atoms with van der Waals surface area (Å²) in [5.41, 5.74) is 0.342. The Labute approximate surface area is 154 Å². The second-order valence-electron chi connectivity index (χ2n) is 6.83. The van der Waals surface area contributed by atoms with Crippen molar-refractivity contribution in [2.24, 2.45) is 5.41 Å². The SMILES string of the molecule is CC(C)(C)C=Cc1ccc(C(=O)Nc2ncc(C(F)(F)F)cc2Cl)cc1. The highest BCUT2D eigenvalue weighted by molar-refractivity contribution is 6.33. The minimum absolute atomic E-state index is 0.0427. The highest BCUT2D eigenvalue weighted by atomic mass is 35.5. The molecule has 0 aliphatic rings. The fourth-order valence-electron chi connectivity index (χ4n) is 1.96. The normalized spacial score (nSPS) is 12.4. The summed E-state index contributed by atoms with van der Waals surface area (Å²) in [7, 11) is 0. The van der Waals surface area contributed by atoms with Gasteiger partial charge in [-0.15, -0.1) is 0 Å². The van der Waals surface area contributed by atoms with E-state index in [1.54, 1.807) is 24.3 Å². The van der Waals surface area contributed by atoms with Crippen LogP contribution in [0.1, 0.15) is 42.3 Å². The van der Waals surface area contributed by atoms with E-state index in [-0.39, 0.29) is 16.3 Å². The monoisotopic (exact) mass is 382 g/mol. The van der Waals surface area contributed by atoms with Crippen LogP contribution in [0.5, 0.6) is 0 Å². The van der Waals surface area contributed by atoms with Crippen LogP contribution in [-0.4, -0.2) is 10.9 Å². The van der Waals surface area contributed by atoms with E-state index in [1.165, 1.54) is 0 Å². The zero-order valence-corrected chi connectivity index (χ0v) is 15.2. The summed E-state index contributed by atoms with van der Waals surface area (Å²) in [4.78, 5) is 15.8. The Bertz CT molecular complexity index is 822. The van der Waals surface area contributed by atoms with Gasteiger partial charge in [-0.3, -0.25) is 4.79 Å².